The van der Waals surface area contributed by atoms with Gasteiger partial charge in [-0.05, 0) is 25.3 Å². The number of aryl methyl sites for hydroxylation is 1. The fourth-order valence-electron chi connectivity index (χ4n) is 2.82. The highest BCUT2D eigenvalue weighted by molar-refractivity contribution is 7.88. The molecule has 0 aromatic heterocycles. The third-order valence-corrected chi connectivity index (χ3v) is 5.15. The van der Waals surface area contributed by atoms with Gasteiger partial charge in [-0.15, -0.1) is 4.31 Å². The molecule has 1 saturated carbocycles. The Bertz CT molecular complexity index is 442. The monoisotopic (exact) mass is 278 g/mol. The maximum atomic E-state index is 11.4. The van der Waals surface area contributed by atoms with Gasteiger partial charge < -0.3 is 4.55 Å². The van der Waals surface area contributed by atoms with Gasteiger partial charge in [0.25, 0.3) is 0 Å². The van der Waals surface area contributed by atoms with Crippen LogP contribution in [0.25, 0.3) is 0 Å². The highest BCUT2D eigenvalue weighted by Gasteiger charge is 2.42. The Labute approximate surface area is 118 Å². The van der Waals surface area contributed by atoms with E-state index in [1.54, 1.807) is 6.26 Å². The first-order valence-electron chi connectivity index (χ1n) is 7.03. The summed E-state index contributed by atoms with van der Waals surface area (Å²) < 4.78 is 13.5. The molecule has 4 heteroatoms. The van der Waals surface area contributed by atoms with Crippen LogP contribution in [0.1, 0.15) is 24.0 Å². The predicted molar refractivity (Wildman–Crippen MR) is 79.2 cm³/mol. The normalized spacial score (nSPS) is 22.5. The zero-order valence-corrected chi connectivity index (χ0v) is 12.5. The van der Waals surface area contributed by atoms with E-state index < -0.39 is 11.4 Å². The predicted octanol–water partition coefficient (Wildman–Crippen LogP) is 1.94. The summed E-state index contributed by atoms with van der Waals surface area (Å²) in [5, 5.41) is 0. The minimum Gasteiger partial charge on any atom is -0.598 e. The summed E-state index contributed by atoms with van der Waals surface area (Å²) in [5.74, 6) is 0. The van der Waals surface area contributed by atoms with Gasteiger partial charge in [-0.3, -0.25) is 4.90 Å². The number of benzene rings is 1. The van der Waals surface area contributed by atoms with Crippen LogP contribution in [0, 0.1) is 6.92 Å². The summed E-state index contributed by atoms with van der Waals surface area (Å²) in [6, 6.07) is 10.1. The van der Waals surface area contributed by atoms with E-state index in [1.165, 1.54) is 24.0 Å². The average Bonchev–Trinajstić information content (AvgIpc) is 3.08. The van der Waals surface area contributed by atoms with E-state index in [1.807, 2.05) is 0 Å². The lowest BCUT2D eigenvalue weighted by Crippen LogP contribution is -2.60. The molecule has 1 unspecified atom stereocenters. The minimum atomic E-state index is -0.797. The van der Waals surface area contributed by atoms with E-state index in [-0.39, 0.29) is 0 Å². The Morgan fingerprint density at radius 2 is 2.05 bits per heavy atom. The Balaban J connectivity index is 1.63. The fourth-order valence-corrected chi connectivity index (χ4v) is 3.58. The van der Waals surface area contributed by atoms with Crippen molar-refractivity contribution in [1.29, 1.82) is 0 Å². The fraction of sp³-hybridized carbons (Fsp3) is 0.600. The molecule has 2 aliphatic rings. The summed E-state index contributed by atoms with van der Waals surface area (Å²) in [6.07, 6.45) is 4.44. The lowest BCUT2D eigenvalue weighted by Gasteiger charge is -2.43. The molecule has 104 valence electrons. The molecule has 19 heavy (non-hydrogen) atoms. The van der Waals surface area contributed by atoms with Crippen molar-refractivity contribution < 1.29 is 4.55 Å². The molecule has 2 fully saturated rings. The van der Waals surface area contributed by atoms with Gasteiger partial charge in [0, 0.05) is 30.0 Å². The topological polar surface area (TPSA) is 29.5 Å². The second kappa shape index (κ2) is 5.44. The SMILES string of the molecule is Cc1cccc(CN(C2CC2)C2CN([S+](C)[O-])C2)c1. The van der Waals surface area contributed by atoms with Gasteiger partial charge in [0.2, 0.25) is 0 Å². The number of nitrogens with zero attached hydrogens (tertiary/aromatic N) is 2. The van der Waals surface area contributed by atoms with Gasteiger partial charge in [0.05, 0.1) is 13.1 Å². The third-order valence-electron chi connectivity index (χ3n) is 4.12. The number of rotatable bonds is 5. The molecular weight excluding hydrogens is 256 g/mol. The summed E-state index contributed by atoms with van der Waals surface area (Å²) in [6.45, 7) is 5.12. The van der Waals surface area contributed by atoms with Crippen LogP contribution < -0.4 is 0 Å². The van der Waals surface area contributed by atoms with Crippen molar-refractivity contribution in [2.45, 2.75) is 38.4 Å². The van der Waals surface area contributed by atoms with Crippen molar-refractivity contribution in [1.82, 2.24) is 9.21 Å². The summed E-state index contributed by atoms with van der Waals surface area (Å²) in [7, 11) is 0. The first kappa shape index (κ1) is 13.4. The van der Waals surface area contributed by atoms with Crippen LogP contribution in [0.2, 0.25) is 0 Å². The Morgan fingerprint density at radius 3 is 2.63 bits per heavy atom. The van der Waals surface area contributed by atoms with Crippen molar-refractivity contribution in [3.63, 3.8) is 0 Å². The van der Waals surface area contributed by atoms with Crippen LogP contribution in [-0.2, 0) is 17.9 Å². The molecule has 1 heterocycles. The van der Waals surface area contributed by atoms with Gasteiger partial charge in [0.15, 0.2) is 0 Å². The molecule has 0 N–H and O–H groups in total. The maximum absolute atomic E-state index is 11.4. The average molecular weight is 278 g/mol. The zero-order chi connectivity index (χ0) is 13.4. The molecule has 3 rings (SSSR count). The molecule has 1 aliphatic heterocycles. The molecule has 0 bridgehead atoms. The lowest BCUT2D eigenvalue weighted by atomic mass is 10.1. The Kier molecular flexibility index (Phi) is 3.85. The van der Waals surface area contributed by atoms with E-state index in [0.717, 1.165) is 25.7 Å². The quantitative estimate of drug-likeness (QED) is 0.771. The molecular formula is C15H22N2OS. The van der Waals surface area contributed by atoms with E-state index in [4.69, 9.17) is 0 Å². The Hall–Kier alpha value is -0.550. The number of hydrogen-bond acceptors (Lipinski definition) is 3. The maximum Gasteiger partial charge on any atom is 0.115 e. The van der Waals surface area contributed by atoms with Crippen molar-refractivity contribution >= 4 is 11.4 Å². The van der Waals surface area contributed by atoms with E-state index in [0.29, 0.717) is 6.04 Å². The lowest BCUT2D eigenvalue weighted by molar-refractivity contribution is 0.0748. The highest BCUT2D eigenvalue weighted by atomic mass is 32.2. The van der Waals surface area contributed by atoms with Gasteiger partial charge in [0.1, 0.15) is 6.26 Å². The first-order chi connectivity index (χ1) is 9.13. The molecule has 0 radical (unpaired) electrons. The van der Waals surface area contributed by atoms with E-state index in [9.17, 15) is 4.55 Å². The largest absolute Gasteiger partial charge is 0.598 e. The van der Waals surface area contributed by atoms with Crippen LogP contribution in [0.4, 0.5) is 0 Å². The van der Waals surface area contributed by atoms with Gasteiger partial charge in [-0.1, -0.05) is 29.8 Å². The van der Waals surface area contributed by atoms with Crippen LogP contribution in [-0.4, -0.2) is 45.2 Å². The smallest absolute Gasteiger partial charge is 0.115 e. The van der Waals surface area contributed by atoms with E-state index >= 15 is 0 Å². The van der Waals surface area contributed by atoms with Crippen molar-refractivity contribution in [2.24, 2.45) is 0 Å². The highest BCUT2D eigenvalue weighted by Crippen LogP contribution is 2.33. The molecule has 1 atom stereocenters. The van der Waals surface area contributed by atoms with Crippen LogP contribution in [0.15, 0.2) is 24.3 Å². The molecule has 1 aliphatic carbocycles. The molecule has 0 amide bonds. The van der Waals surface area contributed by atoms with Crippen LogP contribution >= 0.6 is 0 Å². The summed E-state index contributed by atoms with van der Waals surface area (Å²) in [4.78, 5) is 2.62. The minimum absolute atomic E-state index is 0.594. The van der Waals surface area contributed by atoms with Gasteiger partial charge in [-0.2, -0.15) is 0 Å². The molecule has 1 aromatic rings. The van der Waals surface area contributed by atoms with Crippen molar-refractivity contribution in [3.05, 3.63) is 35.4 Å². The van der Waals surface area contributed by atoms with Gasteiger partial charge >= 0.3 is 0 Å². The molecule has 3 nitrogen and oxygen atoms in total. The second-order valence-corrected chi connectivity index (χ2v) is 7.18. The first-order valence-corrected chi connectivity index (χ1v) is 8.55. The van der Waals surface area contributed by atoms with Crippen LogP contribution in [0.5, 0.6) is 0 Å². The molecule has 1 saturated heterocycles. The second-order valence-electron chi connectivity index (χ2n) is 5.82. The van der Waals surface area contributed by atoms with Crippen molar-refractivity contribution in [2.75, 3.05) is 19.3 Å². The van der Waals surface area contributed by atoms with E-state index in [2.05, 4.69) is 40.4 Å². The molecule has 0 spiro atoms. The van der Waals surface area contributed by atoms with Crippen molar-refractivity contribution in [3.8, 4) is 0 Å². The summed E-state index contributed by atoms with van der Waals surface area (Å²) in [5.41, 5.74) is 2.74. The zero-order valence-electron chi connectivity index (χ0n) is 11.7. The Morgan fingerprint density at radius 1 is 1.32 bits per heavy atom. The van der Waals surface area contributed by atoms with Crippen LogP contribution in [0.3, 0.4) is 0 Å². The van der Waals surface area contributed by atoms with Gasteiger partial charge in [-0.25, -0.2) is 0 Å². The number of hydrogen-bond donors (Lipinski definition) is 0. The molecule has 1 aromatic carbocycles. The third kappa shape index (κ3) is 3.14. The summed E-state index contributed by atoms with van der Waals surface area (Å²) >= 11 is -0.797. The standard InChI is InChI=1S/C15H22N2OS/c1-12-4-3-5-13(8-12)9-17(14-6-7-14)15-10-16(11-15)19(2)18/h3-5,8,14-15H,6-7,9-11H2,1-2H3.